The summed E-state index contributed by atoms with van der Waals surface area (Å²) in [6, 6.07) is 7.12. The number of carbonyl (C=O) groups is 1. The first kappa shape index (κ1) is 21.2. The summed E-state index contributed by atoms with van der Waals surface area (Å²) in [6.07, 6.45) is 5.58. The van der Waals surface area contributed by atoms with Crippen molar-refractivity contribution in [1.82, 2.24) is 10.2 Å². The van der Waals surface area contributed by atoms with E-state index >= 15 is 0 Å². The van der Waals surface area contributed by atoms with Crippen molar-refractivity contribution in [1.29, 1.82) is 0 Å². The number of benzene rings is 1. The van der Waals surface area contributed by atoms with Crippen LogP contribution in [0.25, 0.3) is 0 Å². The van der Waals surface area contributed by atoms with E-state index in [4.69, 9.17) is 0 Å². The summed E-state index contributed by atoms with van der Waals surface area (Å²) in [4.78, 5) is 17.7. The Bertz CT molecular complexity index is 645. The Morgan fingerprint density at radius 2 is 1.79 bits per heavy atom. The number of amides is 1. The molecule has 0 radical (unpaired) electrons. The molecular formula is C24H39N3O. The topological polar surface area (TPSA) is 35.6 Å². The van der Waals surface area contributed by atoms with Gasteiger partial charge in [0, 0.05) is 50.4 Å². The largest absolute Gasteiger partial charge is 0.369 e. The Morgan fingerprint density at radius 3 is 2.43 bits per heavy atom. The molecule has 4 nitrogen and oxygen atoms in total. The smallest absolute Gasteiger partial charge is 0.223 e. The van der Waals surface area contributed by atoms with E-state index in [0.717, 1.165) is 64.8 Å². The molecule has 0 bridgehead atoms. The van der Waals surface area contributed by atoms with Crippen LogP contribution >= 0.6 is 0 Å². The van der Waals surface area contributed by atoms with Gasteiger partial charge in [0.2, 0.25) is 5.91 Å². The van der Waals surface area contributed by atoms with E-state index in [-0.39, 0.29) is 5.92 Å². The lowest BCUT2D eigenvalue weighted by Crippen LogP contribution is -2.47. The molecule has 156 valence electrons. The SMILES string of the molecule is CCCC(CCC)NC(=O)[C@H]1CC1CN1CCN(c2cc(C)ccc2C)CC1. The summed E-state index contributed by atoms with van der Waals surface area (Å²) in [5.41, 5.74) is 4.09. The van der Waals surface area contributed by atoms with Gasteiger partial charge in [0.05, 0.1) is 0 Å². The van der Waals surface area contributed by atoms with Crippen LogP contribution in [0.5, 0.6) is 0 Å². The number of nitrogens with one attached hydrogen (secondary N) is 1. The number of carbonyl (C=O) groups excluding carboxylic acids is 1. The summed E-state index contributed by atoms with van der Waals surface area (Å²) < 4.78 is 0. The maximum atomic E-state index is 12.6. The maximum Gasteiger partial charge on any atom is 0.223 e. The summed E-state index contributed by atoms with van der Waals surface area (Å²) >= 11 is 0. The van der Waals surface area contributed by atoms with Gasteiger partial charge in [-0.05, 0) is 56.2 Å². The zero-order valence-electron chi connectivity index (χ0n) is 18.3. The molecule has 1 N–H and O–H groups in total. The van der Waals surface area contributed by atoms with Crippen molar-refractivity contribution in [2.24, 2.45) is 11.8 Å². The number of anilines is 1. The molecule has 1 saturated heterocycles. The van der Waals surface area contributed by atoms with Gasteiger partial charge in [-0.15, -0.1) is 0 Å². The van der Waals surface area contributed by atoms with E-state index in [1.165, 1.54) is 16.8 Å². The Kier molecular flexibility index (Phi) is 7.39. The normalized spacial score (nSPS) is 22.5. The fraction of sp³-hybridized carbons (Fsp3) is 0.708. The number of nitrogens with zero attached hydrogens (tertiary/aromatic N) is 2. The molecule has 0 aromatic heterocycles. The van der Waals surface area contributed by atoms with Crippen molar-refractivity contribution in [3.8, 4) is 0 Å². The van der Waals surface area contributed by atoms with Gasteiger partial charge in [-0.25, -0.2) is 0 Å². The lowest BCUT2D eigenvalue weighted by atomic mass is 10.1. The number of piperazine rings is 1. The van der Waals surface area contributed by atoms with Gasteiger partial charge in [-0.2, -0.15) is 0 Å². The fourth-order valence-electron chi connectivity index (χ4n) is 4.63. The predicted molar refractivity (Wildman–Crippen MR) is 118 cm³/mol. The van der Waals surface area contributed by atoms with Crippen LogP contribution in [0.4, 0.5) is 5.69 Å². The van der Waals surface area contributed by atoms with Crippen LogP contribution in [-0.4, -0.2) is 49.6 Å². The van der Waals surface area contributed by atoms with Crippen molar-refractivity contribution >= 4 is 11.6 Å². The number of rotatable bonds is 9. The molecule has 2 aliphatic rings. The second-order valence-corrected chi connectivity index (χ2v) is 8.96. The van der Waals surface area contributed by atoms with E-state index in [0.29, 0.717) is 17.9 Å². The van der Waals surface area contributed by atoms with Crippen LogP contribution in [0.15, 0.2) is 18.2 Å². The predicted octanol–water partition coefficient (Wildman–Crippen LogP) is 4.15. The van der Waals surface area contributed by atoms with Crippen LogP contribution in [0.1, 0.15) is 57.1 Å². The Balaban J connectivity index is 1.42. The number of aryl methyl sites for hydroxylation is 2. The molecule has 1 aromatic rings. The molecule has 1 aliphatic heterocycles. The van der Waals surface area contributed by atoms with Crippen LogP contribution in [-0.2, 0) is 4.79 Å². The maximum absolute atomic E-state index is 12.6. The third-order valence-corrected chi connectivity index (χ3v) is 6.45. The van der Waals surface area contributed by atoms with E-state index in [2.05, 4.69) is 61.0 Å². The van der Waals surface area contributed by atoms with Crippen LogP contribution < -0.4 is 10.2 Å². The quantitative estimate of drug-likeness (QED) is 0.694. The lowest BCUT2D eigenvalue weighted by Gasteiger charge is -2.37. The van der Waals surface area contributed by atoms with Gasteiger partial charge in [0.1, 0.15) is 0 Å². The molecule has 0 spiro atoms. The highest BCUT2D eigenvalue weighted by atomic mass is 16.2. The van der Waals surface area contributed by atoms with Gasteiger partial charge in [-0.1, -0.05) is 38.8 Å². The van der Waals surface area contributed by atoms with E-state index in [9.17, 15) is 4.79 Å². The Morgan fingerprint density at radius 1 is 1.11 bits per heavy atom. The average molecular weight is 386 g/mol. The first-order valence-electron chi connectivity index (χ1n) is 11.4. The summed E-state index contributed by atoms with van der Waals surface area (Å²) in [5, 5.41) is 3.32. The third kappa shape index (κ3) is 5.50. The number of hydrogen-bond donors (Lipinski definition) is 1. The highest BCUT2D eigenvalue weighted by Crippen LogP contribution is 2.39. The van der Waals surface area contributed by atoms with Gasteiger partial charge in [-0.3, -0.25) is 9.69 Å². The summed E-state index contributed by atoms with van der Waals surface area (Å²) in [7, 11) is 0. The van der Waals surface area contributed by atoms with Gasteiger partial charge >= 0.3 is 0 Å². The van der Waals surface area contributed by atoms with Crippen molar-refractivity contribution in [3.05, 3.63) is 29.3 Å². The highest BCUT2D eigenvalue weighted by Gasteiger charge is 2.44. The molecule has 1 heterocycles. The highest BCUT2D eigenvalue weighted by molar-refractivity contribution is 5.81. The second kappa shape index (κ2) is 9.78. The van der Waals surface area contributed by atoms with Gasteiger partial charge in [0.25, 0.3) is 0 Å². The van der Waals surface area contributed by atoms with Crippen molar-refractivity contribution in [2.75, 3.05) is 37.6 Å². The molecule has 1 aliphatic carbocycles. The molecule has 1 aromatic carbocycles. The van der Waals surface area contributed by atoms with Crippen LogP contribution in [0.3, 0.4) is 0 Å². The van der Waals surface area contributed by atoms with Gasteiger partial charge < -0.3 is 10.2 Å². The zero-order valence-corrected chi connectivity index (χ0v) is 18.3. The van der Waals surface area contributed by atoms with E-state index < -0.39 is 0 Å². The first-order valence-corrected chi connectivity index (χ1v) is 11.4. The third-order valence-electron chi connectivity index (χ3n) is 6.45. The second-order valence-electron chi connectivity index (χ2n) is 8.96. The average Bonchev–Trinajstić information content (AvgIpc) is 3.44. The molecule has 1 saturated carbocycles. The number of hydrogen-bond acceptors (Lipinski definition) is 3. The molecule has 3 rings (SSSR count). The molecule has 1 amide bonds. The summed E-state index contributed by atoms with van der Waals surface area (Å²) in [6.45, 7) is 14.2. The minimum absolute atomic E-state index is 0.258. The van der Waals surface area contributed by atoms with E-state index in [1.54, 1.807) is 0 Å². The monoisotopic (exact) mass is 385 g/mol. The van der Waals surface area contributed by atoms with Gasteiger partial charge in [0.15, 0.2) is 0 Å². The summed E-state index contributed by atoms with van der Waals surface area (Å²) in [5.74, 6) is 1.13. The first-order chi connectivity index (χ1) is 13.5. The Hall–Kier alpha value is -1.55. The van der Waals surface area contributed by atoms with Crippen LogP contribution in [0.2, 0.25) is 0 Å². The van der Waals surface area contributed by atoms with Crippen molar-refractivity contribution < 1.29 is 4.79 Å². The minimum atomic E-state index is 0.258. The molecule has 2 fully saturated rings. The molecule has 1 unspecified atom stereocenters. The van der Waals surface area contributed by atoms with Crippen molar-refractivity contribution in [2.45, 2.75) is 65.8 Å². The molecule has 4 heteroatoms. The van der Waals surface area contributed by atoms with Crippen molar-refractivity contribution in [3.63, 3.8) is 0 Å². The van der Waals surface area contributed by atoms with E-state index in [1.807, 2.05) is 0 Å². The zero-order chi connectivity index (χ0) is 20.1. The Labute approximate surface area is 171 Å². The standard InChI is InChI=1S/C24H39N3O/c1-5-7-21(8-6-2)25-24(28)22-16-20(22)17-26-11-13-27(14-12-26)23-15-18(3)9-10-19(23)4/h9-10,15,20-22H,5-8,11-14,16-17H2,1-4H3,(H,25,28)/t20?,22-/m0/s1. The van der Waals surface area contributed by atoms with Crippen LogP contribution in [0, 0.1) is 25.7 Å². The molecular weight excluding hydrogens is 346 g/mol. The minimum Gasteiger partial charge on any atom is -0.369 e. The fourth-order valence-corrected chi connectivity index (χ4v) is 4.63. The lowest BCUT2D eigenvalue weighted by molar-refractivity contribution is -0.123. The molecule has 28 heavy (non-hydrogen) atoms. The molecule has 2 atom stereocenters.